The third kappa shape index (κ3) is 5.34. The molecule has 0 aliphatic carbocycles. The van der Waals surface area contributed by atoms with Gasteiger partial charge in [0.1, 0.15) is 0 Å². The van der Waals surface area contributed by atoms with E-state index in [1.807, 2.05) is 0 Å². The summed E-state index contributed by atoms with van der Waals surface area (Å²) >= 11 is 0. The second kappa shape index (κ2) is 6.08. The molecule has 0 aliphatic rings. The number of nitrogens with one attached hydrogen (secondary N) is 1. The number of aliphatic hydroxyl groups is 1. The van der Waals surface area contributed by atoms with Crippen LogP contribution in [0.5, 0.6) is 0 Å². The van der Waals surface area contributed by atoms with Crippen molar-refractivity contribution in [1.29, 1.82) is 0 Å². The zero-order chi connectivity index (χ0) is 12.8. The Balaban J connectivity index is 4.21. The fraction of sp³-hybridized carbons (Fsp3) is 0.900. The van der Waals surface area contributed by atoms with Crippen molar-refractivity contribution in [1.82, 2.24) is 5.32 Å². The molecule has 1 amide bonds. The highest BCUT2D eigenvalue weighted by Gasteiger charge is 2.31. The van der Waals surface area contributed by atoms with Crippen molar-refractivity contribution >= 4 is 5.91 Å². The lowest BCUT2D eigenvalue weighted by molar-refractivity contribution is -0.145. The van der Waals surface area contributed by atoms with Crippen molar-refractivity contribution in [2.24, 2.45) is 0 Å². The lowest BCUT2D eigenvalue weighted by atomic mass is 9.93. The topological polar surface area (TPSA) is 49.3 Å². The van der Waals surface area contributed by atoms with Gasteiger partial charge in [0.2, 0.25) is 5.91 Å². The molecule has 16 heavy (non-hydrogen) atoms. The third-order valence-electron chi connectivity index (χ3n) is 2.70. The number of hydrogen-bond acceptors (Lipinski definition) is 2. The molecule has 3 nitrogen and oxygen atoms in total. The number of hydrogen-bond donors (Lipinski definition) is 2. The van der Waals surface area contributed by atoms with Gasteiger partial charge < -0.3 is 10.4 Å². The molecule has 0 aliphatic heterocycles. The van der Waals surface area contributed by atoms with E-state index >= 15 is 0 Å². The van der Waals surface area contributed by atoms with Crippen LogP contribution in [0.4, 0.5) is 13.2 Å². The predicted molar refractivity (Wildman–Crippen MR) is 53.8 cm³/mol. The SMILES string of the molecule is CCC(CC)(CO)NC(=O)CCC(F)(F)F. The van der Waals surface area contributed by atoms with E-state index in [2.05, 4.69) is 5.32 Å². The van der Waals surface area contributed by atoms with Crippen molar-refractivity contribution in [2.45, 2.75) is 51.2 Å². The molecule has 0 fully saturated rings. The summed E-state index contributed by atoms with van der Waals surface area (Å²) in [7, 11) is 0. The largest absolute Gasteiger partial charge is 0.394 e. The highest BCUT2D eigenvalue weighted by atomic mass is 19.4. The average molecular weight is 241 g/mol. The van der Waals surface area contributed by atoms with Crippen LogP contribution in [0.2, 0.25) is 0 Å². The first-order valence-corrected chi connectivity index (χ1v) is 5.27. The zero-order valence-electron chi connectivity index (χ0n) is 9.52. The zero-order valence-corrected chi connectivity index (χ0v) is 9.52. The summed E-state index contributed by atoms with van der Waals surface area (Å²) in [5, 5.41) is 11.6. The number of rotatable bonds is 6. The maximum atomic E-state index is 11.9. The summed E-state index contributed by atoms with van der Waals surface area (Å²) < 4.78 is 35.6. The van der Waals surface area contributed by atoms with Crippen LogP contribution in [0.1, 0.15) is 39.5 Å². The lowest BCUT2D eigenvalue weighted by Gasteiger charge is -2.30. The Morgan fingerprint density at radius 3 is 2.06 bits per heavy atom. The molecule has 0 bridgehead atoms. The molecule has 0 unspecified atom stereocenters. The molecule has 0 aromatic carbocycles. The summed E-state index contributed by atoms with van der Waals surface area (Å²) in [6.07, 6.45) is -5.08. The van der Waals surface area contributed by atoms with Crippen molar-refractivity contribution in [3.05, 3.63) is 0 Å². The van der Waals surface area contributed by atoms with Crippen LogP contribution in [-0.4, -0.2) is 29.3 Å². The first-order valence-electron chi connectivity index (χ1n) is 5.27. The maximum absolute atomic E-state index is 11.9. The van der Waals surface area contributed by atoms with Gasteiger partial charge in [0.15, 0.2) is 0 Å². The molecule has 0 atom stereocenters. The van der Waals surface area contributed by atoms with Gasteiger partial charge in [-0.25, -0.2) is 0 Å². The maximum Gasteiger partial charge on any atom is 0.389 e. The first kappa shape index (κ1) is 15.2. The van der Waals surface area contributed by atoms with Crippen molar-refractivity contribution in [3.8, 4) is 0 Å². The summed E-state index contributed by atoms with van der Waals surface area (Å²) in [6, 6.07) is 0. The minimum atomic E-state index is -4.32. The Bertz CT molecular complexity index is 216. The van der Waals surface area contributed by atoms with Crippen LogP contribution >= 0.6 is 0 Å². The number of amides is 1. The van der Waals surface area contributed by atoms with E-state index < -0.39 is 30.5 Å². The van der Waals surface area contributed by atoms with E-state index in [0.717, 1.165) is 0 Å². The molecule has 0 rings (SSSR count). The fourth-order valence-corrected chi connectivity index (χ4v) is 1.30. The molecule has 0 saturated heterocycles. The Morgan fingerprint density at radius 1 is 1.25 bits per heavy atom. The van der Waals surface area contributed by atoms with Gasteiger partial charge in [-0.1, -0.05) is 13.8 Å². The van der Waals surface area contributed by atoms with Gasteiger partial charge in [-0.2, -0.15) is 13.2 Å². The van der Waals surface area contributed by atoms with Gasteiger partial charge in [-0.05, 0) is 12.8 Å². The molecule has 0 aromatic rings. The number of alkyl halides is 3. The number of carbonyl (C=O) groups is 1. The molecule has 0 saturated carbocycles. The molecule has 0 heterocycles. The van der Waals surface area contributed by atoms with Crippen LogP contribution in [0, 0.1) is 0 Å². The summed E-state index contributed by atoms with van der Waals surface area (Å²) in [4.78, 5) is 11.3. The molecule has 2 N–H and O–H groups in total. The molecule has 0 spiro atoms. The Morgan fingerprint density at radius 2 is 1.75 bits per heavy atom. The van der Waals surface area contributed by atoms with Gasteiger partial charge in [0.25, 0.3) is 0 Å². The Hall–Kier alpha value is -0.780. The van der Waals surface area contributed by atoms with Crippen molar-refractivity contribution in [3.63, 3.8) is 0 Å². The fourth-order valence-electron chi connectivity index (χ4n) is 1.30. The smallest absolute Gasteiger partial charge is 0.389 e. The highest BCUT2D eigenvalue weighted by molar-refractivity contribution is 5.76. The second-order valence-corrected chi connectivity index (χ2v) is 3.81. The van der Waals surface area contributed by atoms with Crippen LogP contribution in [-0.2, 0) is 4.79 Å². The number of carbonyl (C=O) groups excluding carboxylic acids is 1. The second-order valence-electron chi connectivity index (χ2n) is 3.81. The lowest BCUT2D eigenvalue weighted by Crippen LogP contribution is -2.50. The van der Waals surface area contributed by atoms with Gasteiger partial charge in [0, 0.05) is 6.42 Å². The van der Waals surface area contributed by atoms with Crippen LogP contribution in [0.25, 0.3) is 0 Å². The van der Waals surface area contributed by atoms with E-state index in [1.54, 1.807) is 13.8 Å². The Labute approximate surface area is 93.0 Å². The predicted octanol–water partition coefficient (Wildman–Crippen LogP) is 2.00. The third-order valence-corrected chi connectivity index (χ3v) is 2.70. The Kier molecular flexibility index (Phi) is 5.78. The summed E-state index contributed by atoms with van der Waals surface area (Å²) in [5.74, 6) is -0.671. The quantitative estimate of drug-likeness (QED) is 0.747. The van der Waals surface area contributed by atoms with Crippen LogP contribution in [0.15, 0.2) is 0 Å². The summed E-state index contributed by atoms with van der Waals surface area (Å²) in [5.41, 5.74) is -0.789. The minimum absolute atomic E-state index is 0.266. The molecule has 96 valence electrons. The number of halogens is 3. The van der Waals surface area contributed by atoms with E-state index in [1.165, 1.54) is 0 Å². The monoisotopic (exact) mass is 241 g/mol. The highest BCUT2D eigenvalue weighted by Crippen LogP contribution is 2.22. The first-order chi connectivity index (χ1) is 7.28. The van der Waals surface area contributed by atoms with Gasteiger partial charge >= 0.3 is 6.18 Å². The van der Waals surface area contributed by atoms with Gasteiger partial charge in [-0.3, -0.25) is 4.79 Å². The van der Waals surface area contributed by atoms with Gasteiger partial charge in [-0.15, -0.1) is 0 Å². The van der Waals surface area contributed by atoms with E-state index in [0.29, 0.717) is 12.8 Å². The summed E-state index contributed by atoms with van der Waals surface area (Å²) in [6.45, 7) is 3.27. The minimum Gasteiger partial charge on any atom is -0.394 e. The molecular weight excluding hydrogens is 223 g/mol. The van der Waals surface area contributed by atoms with E-state index in [4.69, 9.17) is 5.11 Å². The molecule has 6 heteroatoms. The van der Waals surface area contributed by atoms with Crippen molar-refractivity contribution in [2.75, 3.05) is 6.61 Å². The van der Waals surface area contributed by atoms with E-state index in [9.17, 15) is 18.0 Å². The number of aliphatic hydroxyl groups excluding tert-OH is 1. The van der Waals surface area contributed by atoms with Crippen molar-refractivity contribution < 1.29 is 23.1 Å². The molecule has 0 radical (unpaired) electrons. The van der Waals surface area contributed by atoms with Crippen LogP contribution in [0.3, 0.4) is 0 Å². The van der Waals surface area contributed by atoms with Crippen LogP contribution < -0.4 is 5.32 Å². The van der Waals surface area contributed by atoms with Gasteiger partial charge in [0.05, 0.1) is 18.6 Å². The molecule has 0 aromatic heterocycles. The molecular formula is C10H18F3NO2. The standard InChI is InChI=1S/C10H18F3NO2/c1-3-9(4-2,7-15)14-8(16)5-6-10(11,12)13/h15H,3-7H2,1-2H3,(H,14,16). The average Bonchev–Trinajstić information content (AvgIpc) is 2.22. The normalized spacial score (nSPS) is 12.6. The van der Waals surface area contributed by atoms with E-state index in [-0.39, 0.29) is 6.61 Å².